The third-order valence-electron chi connectivity index (χ3n) is 2.27. The van der Waals surface area contributed by atoms with Crippen molar-refractivity contribution in [3.63, 3.8) is 0 Å². The van der Waals surface area contributed by atoms with Crippen LogP contribution in [0.3, 0.4) is 0 Å². The molecule has 0 aliphatic carbocycles. The summed E-state index contributed by atoms with van der Waals surface area (Å²) >= 11 is 0. The lowest BCUT2D eigenvalue weighted by Gasteiger charge is -2.31. The third kappa shape index (κ3) is 5.14. The Morgan fingerprint density at radius 3 is 2.13 bits per heavy atom. The summed E-state index contributed by atoms with van der Waals surface area (Å²) in [6, 6.07) is 0. The van der Waals surface area contributed by atoms with Gasteiger partial charge in [0.1, 0.15) is 5.54 Å². The van der Waals surface area contributed by atoms with Crippen LogP contribution in [0.25, 0.3) is 0 Å². The Morgan fingerprint density at radius 2 is 1.87 bits per heavy atom. The van der Waals surface area contributed by atoms with Crippen LogP contribution in [-0.4, -0.2) is 35.4 Å². The zero-order chi connectivity index (χ0) is 12.3. The third-order valence-corrected chi connectivity index (χ3v) is 2.27. The normalized spacial score (nSPS) is 18.3. The van der Waals surface area contributed by atoms with E-state index in [-0.39, 0.29) is 11.7 Å². The van der Waals surface area contributed by atoms with E-state index in [0.717, 1.165) is 0 Å². The molecule has 2 unspecified atom stereocenters. The van der Waals surface area contributed by atoms with Crippen LogP contribution in [0.15, 0.2) is 0 Å². The van der Waals surface area contributed by atoms with E-state index in [4.69, 9.17) is 9.84 Å². The molecule has 0 amide bonds. The highest BCUT2D eigenvalue weighted by Crippen LogP contribution is 2.19. The second kappa shape index (κ2) is 4.94. The zero-order valence-corrected chi connectivity index (χ0v) is 10.5. The summed E-state index contributed by atoms with van der Waals surface area (Å²) < 4.78 is 5.68. The van der Waals surface area contributed by atoms with Crippen LogP contribution in [0.1, 0.15) is 41.0 Å². The Balaban J connectivity index is 4.38. The fourth-order valence-corrected chi connectivity index (χ4v) is 1.52. The molecule has 2 N–H and O–H groups in total. The molecule has 4 heteroatoms. The summed E-state index contributed by atoms with van der Waals surface area (Å²) in [6.07, 6.45) is 0.342. The molecule has 2 atom stereocenters. The van der Waals surface area contributed by atoms with Crippen molar-refractivity contribution in [2.75, 3.05) is 7.05 Å². The molecule has 0 aliphatic rings. The molecule has 0 saturated heterocycles. The van der Waals surface area contributed by atoms with E-state index in [2.05, 4.69) is 5.32 Å². The zero-order valence-electron chi connectivity index (χ0n) is 10.5. The summed E-state index contributed by atoms with van der Waals surface area (Å²) in [7, 11) is 1.65. The first-order chi connectivity index (χ1) is 6.60. The number of aliphatic carboxylic acids is 1. The molecular weight excluding hydrogens is 194 g/mol. The Morgan fingerprint density at radius 1 is 1.40 bits per heavy atom. The summed E-state index contributed by atoms with van der Waals surface area (Å²) in [4.78, 5) is 11.0. The van der Waals surface area contributed by atoms with Gasteiger partial charge in [0.05, 0.1) is 11.7 Å². The van der Waals surface area contributed by atoms with Gasteiger partial charge >= 0.3 is 5.97 Å². The monoisotopic (exact) mass is 217 g/mol. The molecule has 4 nitrogen and oxygen atoms in total. The topological polar surface area (TPSA) is 58.6 Å². The smallest absolute Gasteiger partial charge is 0.323 e. The second-order valence-corrected chi connectivity index (χ2v) is 5.13. The van der Waals surface area contributed by atoms with Gasteiger partial charge in [-0.3, -0.25) is 4.79 Å². The van der Waals surface area contributed by atoms with E-state index in [9.17, 15) is 4.79 Å². The van der Waals surface area contributed by atoms with Gasteiger partial charge in [0.25, 0.3) is 0 Å². The van der Waals surface area contributed by atoms with Crippen molar-refractivity contribution in [2.45, 2.75) is 58.3 Å². The predicted molar refractivity (Wildman–Crippen MR) is 60.0 cm³/mol. The number of hydrogen-bond donors (Lipinski definition) is 2. The molecule has 0 spiro atoms. The van der Waals surface area contributed by atoms with Crippen LogP contribution in [-0.2, 0) is 9.53 Å². The number of hydrogen-bond acceptors (Lipinski definition) is 3. The molecule has 0 saturated carbocycles. The summed E-state index contributed by atoms with van der Waals surface area (Å²) in [5.74, 6) is -0.852. The number of rotatable bonds is 5. The van der Waals surface area contributed by atoms with Crippen molar-refractivity contribution < 1.29 is 14.6 Å². The number of carboxylic acid groups (broad SMARTS) is 1. The quantitative estimate of drug-likeness (QED) is 0.735. The molecule has 0 aromatic heterocycles. The highest BCUT2D eigenvalue weighted by atomic mass is 16.5. The Bertz CT molecular complexity index is 222. The Kier molecular flexibility index (Phi) is 4.74. The predicted octanol–water partition coefficient (Wildman–Crippen LogP) is 1.64. The van der Waals surface area contributed by atoms with Crippen molar-refractivity contribution in [3.8, 4) is 0 Å². The van der Waals surface area contributed by atoms with Crippen LogP contribution < -0.4 is 5.32 Å². The van der Waals surface area contributed by atoms with Crippen LogP contribution in [0.2, 0.25) is 0 Å². The number of carboxylic acids is 1. The van der Waals surface area contributed by atoms with Crippen LogP contribution in [0.5, 0.6) is 0 Å². The first-order valence-electron chi connectivity index (χ1n) is 5.21. The SMILES string of the molecule is CNC(C)(CC(C)OC(C)(C)C)C(=O)O. The first kappa shape index (κ1) is 14.4. The first-order valence-corrected chi connectivity index (χ1v) is 5.21. The summed E-state index contributed by atoms with van der Waals surface area (Å²) in [5, 5.41) is 11.9. The van der Waals surface area contributed by atoms with Crippen LogP contribution >= 0.6 is 0 Å². The lowest BCUT2D eigenvalue weighted by Crippen LogP contribution is -2.50. The molecule has 0 aromatic carbocycles. The highest BCUT2D eigenvalue weighted by Gasteiger charge is 2.34. The fraction of sp³-hybridized carbons (Fsp3) is 0.909. The van der Waals surface area contributed by atoms with Crippen molar-refractivity contribution in [1.29, 1.82) is 0 Å². The maximum Gasteiger partial charge on any atom is 0.323 e. The second-order valence-electron chi connectivity index (χ2n) is 5.13. The van der Waals surface area contributed by atoms with E-state index in [1.54, 1.807) is 14.0 Å². The molecule has 0 rings (SSSR count). The summed E-state index contributed by atoms with van der Waals surface area (Å²) in [6.45, 7) is 9.44. The molecule has 0 fully saturated rings. The van der Waals surface area contributed by atoms with Gasteiger partial charge in [-0.05, 0) is 41.7 Å². The van der Waals surface area contributed by atoms with Gasteiger partial charge in [0.2, 0.25) is 0 Å². The average molecular weight is 217 g/mol. The van der Waals surface area contributed by atoms with Gasteiger partial charge in [-0.15, -0.1) is 0 Å². The van der Waals surface area contributed by atoms with Gasteiger partial charge in [-0.25, -0.2) is 0 Å². The van der Waals surface area contributed by atoms with E-state index in [0.29, 0.717) is 6.42 Å². The van der Waals surface area contributed by atoms with E-state index in [1.807, 2.05) is 27.7 Å². The number of ether oxygens (including phenoxy) is 1. The minimum atomic E-state index is -0.926. The number of likely N-dealkylation sites (N-methyl/N-ethyl adjacent to an activating group) is 1. The molecule has 0 aliphatic heterocycles. The largest absolute Gasteiger partial charge is 0.480 e. The average Bonchev–Trinajstić information content (AvgIpc) is 1.99. The molecule has 90 valence electrons. The van der Waals surface area contributed by atoms with Crippen molar-refractivity contribution in [3.05, 3.63) is 0 Å². The van der Waals surface area contributed by atoms with Crippen LogP contribution in [0, 0.1) is 0 Å². The molecule has 0 bridgehead atoms. The van der Waals surface area contributed by atoms with Crippen molar-refractivity contribution in [1.82, 2.24) is 5.32 Å². The van der Waals surface area contributed by atoms with E-state index >= 15 is 0 Å². The summed E-state index contributed by atoms with van der Waals surface area (Å²) in [5.41, 5.74) is -1.17. The van der Waals surface area contributed by atoms with Gasteiger partial charge < -0.3 is 15.2 Å². The molecular formula is C11H23NO3. The number of nitrogens with one attached hydrogen (secondary N) is 1. The lowest BCUT2D eigenvalue weighted by atomic mass is 9.95. The van der Waals surface area contributed by atoms with Gasteiger partial charge in [-0.1, -0.05) is 0 Å². The minimum absolute atomic E-state index is 0.0986. The Labute approximate surface area is 92.0 Å². The molecule has 0 aromatic rings. The van der Waals surface area contributed by atoms with Gasteiger partial charge in [-0.2, -0.15) is 0 Å². The molecule has 15 heavy (non-hydrogen) atoms. The molecule has 0 heterocycles. The van der Waals surface area contributed by atoms with Crippen LogP contribution in [0.4, 0.5) is 0 Å². The Hall–Kier alpha value is -0.610. The van der Waals surface area contributed by atoms with E-state index < -0.39 is 11.5 Å². The van der Waals surface area contributed by atoms with Gasteiger partial charge in [0.15, 0.2) is 0 Å². The molecule has 0 radical (unpaired) electrons. The number of carbonyl (C=O) groups is 1. The minimum Gasteiger partial charge on any atom is -0.480 e. The maximum absolute atomic E-state index is 11.0. The van der Waals surface area contributed by atoms with Crippen molar-refractivity contribution in [2.24, 2.45) is 0 Å². The maximum atomic E-state index is 11.0. The van der Waals surface area contributed by atoms with Crippen molar-refractivity contribution >= 4 is 5.97 Å². The van der Waals surface area contributed by atoms with E-state index in [1.165, 1.54) is 0 Å². The van der Waals surface area contributed by atoms with Gasteiger partial charge in [0, 0.05) is 6.42 Å². The fourth-order valence-electron chi connectivity index (χ4n) is 1.52. The lowest BCUT2D eigenvalue weighted by molar-refractivity contribution is -0.147. The highest BCUT2D eigenvalue weighted by molar-refractivity contribution is 5.78. The standard InChI is InChI=1S/C11H23NO3/c1-8(15-10(2,3)4)7-11(5,12-6)9(13)14/h8,12H,7H2,1-6H3,(H,13,14).